The predicted molar refractivity (Wildman–Crippen MR) is 121 cm³/mol. The molecule has 5 rings (SSSR count). The van der Waals surface area contributed by atoms with Gasteiger partial charge in [-0.15, -0.1) is 0 Å². The Morgan fingerprint density at radius 3 is 2.62 bits per heavy atom. The van der Waals surface area contributed by atoms with E-state index in [0.29, 0.717) is 18.2 Å². The highest BCUT2D eigenvalue weighted by Crippen LogP contribution is 2.36. The van der Waals surface area contributed by atoms with Crippen LogP contribution >= 0.6 is 0 Å². The first kappa shape index (κ1) is 19.8. The first-order chi connectivity index (χ1) is 15.5. The second-order valence-electron chi connectivity index (χ2n) is 7.64. The number of aromatic nitrogens is 3. The number of benzene rings is 2. The zero-order valence-electron chi connectivity index (χ0n) is 17.6. The number of fused-ring (bicyclic) bond motifs is 1. The molecular weight excluding hydrogens is 407 g/mol. The monoisotopic (exact) mass is 428 g/mol. The zero-order chi connectivity index (χ0) is 22.2. The molecule has 0 bridgehead atoms. The number of aromatic amines is 1. The molecule has 6 nitrogen and oxygen atoms in total. The Morgan fingerprint density at radius 2 is 1.88 bits per heavy atom. The third-order valence-corrected chi connectivity index (χ3v) is 5.70. The Labute approximate surface area is 183 Å². The van der Waals surface area contributed by atoms with E-state index in [-0.39, 0.29) is 5.56 Å². The lowest BCUT2D eigenvalue weighted by Crippen LogP contribution is -2.18. The van der Waals surface area contributed by atoms with Crippen molar-refractivity contribution in [3.8, 4) is 11.4 Å². The lowest BCUT2D eigenvalue weighted by Gasteiger charge is -2.13. The van der Waals surface area contributed by atoms with E-state index in [9.17, 15) is 9.18 Å². The summed E-state index contributed by atoms with van der Waals surface area (Å²) >= 11 is 0. The molecule has 0 saturated heterocycles. The van der Waals surface area contributed by atoms with E-state index in [1.54, 1.807) is 18.4 Å². The fourth-order valence-corrected chi connectivity index (χ4v) is 3.93. The number of carbonyl (C=O) groups is 1. The summed E-state index contributed by atoms with van der Waals surface area (Å²) in [6, 6.07) is 17.4. The summed E-state index contributed by atoms with van der Waals surface area (Å²) in [5.41, 5.74) is 4.36. The normalized spacial score (nSPS) is 11.2. The number of hydrogen-bond acceptors (Lipinski definition) is 3. The molecule has 3 heterocycles. The summed E-state index contributed by atoms with van der Waals surface area (Å²) in [6.45, 7) is 4.37. The highest BCUT2D eigenvalue weighted by Gasteiger charge is 2.25. The summed E-state index contributed by atoms with van der Waals surface area (Å²) in [4.78, 5) is 21.1. The van der Waals surface area contributed by atoms with Gasteiger partial charge in [0.1, 0.15) is 23.2 Å². The van der Waals surface area contributed by atoms with Crippen LogP contribution in [0.2, 0.25) is 0 Å². The summed E-state index contributed by atoms with van der Waals surface area (Å²) in [7, 11) is 0. The van der Waals surface area contributed by atoms with E-state index in [0.717, 1.165) is 33.6 Å². The van der Waals surface area contributed by atoms with Gasteiger partial charge in [0, 0.05) is 5.69 Å². The Hall–Kier alpha value is -4.13. The van der Waals surface area contributed by atoms with Gasteiger partial charge >= 0.3 is 0 Å². The van der Waals surface area contributed by atoms with Gasteiger partial charge in [-0.25, -0.2) is 9.37 Å². The third-order valence-electron chi connectivity index (χ3n) is 5.70. The topological polar surface area (TPSA) is 75.8 Å². The molecule has 0 spiro atoms. The highest BCUT2D eigenvalue weighted by molar-refractivity contribution is 6.06. The molecule has 0 saturated carbocycles. The van der Waals surface area contributed by atoms with E-state index in [2.05, 4.69) is 10.3 Å². The van der Waals surface area contributed by atoms with Crippen LogP contribution in [-0.4, -0.2) is 20.4 Å². The number of hydrogen-bond donors (Lipinski definition) is 2. The smallest absolute Gasteiger partial charge is 0.259 e. The average molecular weight is 428 g/mol. The molecule has 0 unspecified atom stereocenters. The minimum atomic E-state index is -0.576. The van der Waals surface area contributed by atoms with Crippen molar-refractivity contribution in [2.45, 2.75) is 20.4 Å². The minimum Gasteiger partial charge on any atom is -0.467 e. The number of imidazole rings is 1. The molecule has 2 aromatic carbocycles. The van der Waals surface area contributed by atoms with Crippen LogP contribution in [0, 0.1) is 19.7 Å². The summed E-state index contributed by atoms with van der Waals surface area (Å²) in [5.74, 6) is 0.796. The van der Waals surface area contributed by atoms with E-state index in [1.165, 1.54) is 12.1 Å². The zero-order valence-corrected chi connectivity index (χ0v) is 17.6. The largest absolute Gasteiger partial charge is 0.467 e. The SMILES string of the molecule is Cc1c(-c2nc3ccccc3[nH]2)c(NC(=O)c2ccccc2F)n(Cc2ccco2)c1C. The molecule has 7 heteroatoms. The Balaban J connectivity index is 1.67. The number of nitrogens with one attached hydrogen (secondary N) is 2. The number of furan rings is 1. The fourth-order valence-electron chi connectivity index (χ4n) is 3.93. The number of H-pyrrole nitrogens is 1. The molecule has 5 aromatic rings. The molecule has 32 heavy (non-hydrogen) atoms. The lowest BCUT2D eigenvalue weighted by molar-refractivity contribution is 0.102. The number of rotatable bonds is 5. The van der Waals surface area contributed by atoms with E-state index >= 15 is 0 Å². The third kappa shape index (κ3) is 3.37. The molecule has 2 N–H and O–H groups in total. The van der Waals surface area contributed by atoms with Gasteiger partial charge in [0.2, 0.25) is 0 Å². The fraction of sp³-hybridized carbons (Fsp3) is 0.120. The van der Waals surface area contributed by atoms with Crippen LogP contribution in [0.3, 0.4) is 0 Å². The maximum absolute atomic E-state index is 14.3. The van der Waals surface area contributed by atoms with Gasteiger partial charge < -0.3 is 19.3 Å². The number of halogens is 1. The first-order valence-corrected chi connectivity index (χ1v) is 10.3. The van der Waals surface area contributed by atoms with Crippen molar-refractivity contribution < 1.29 is 13.6 Å². The van der Waals surface area contributed by atoms with Gasteiger partial charge in [-0.1, -0.05) is 24.3 Å². The number of nitrogens with zero attached hydrogens (tertiary/aromatic N) is 2. The molecule has 0 atom stereocenters. The van der Waals surface area contributed by atoms with Crippen molar-refractivity contribution in [2.24, 2.45) is 0 Å². The Bertz CT molecular complexity index is 1400. The average Bonchev–Trinajstić information content (AvgIpc) is 3.50. The molecule has 160 valence electrons. The van der Waals surface area contributed by atoms with Crippen LogP contribution in [-0.2, 0) is 6.54 Å². The number of para-hydroxylation sites is 2. The number of amides is 1. The maximum atomic E-state index is 14.3. The van der Waals surface area contributed by atoms with E-state index in [1.807, 2.05) is 54.8 Å². The number of anilines is 1. The molecule has 0 aliphatic carbocycles. The molecule has 0 fully saturated rings. The summed E-state index contributed by atoms with van der Waals surface area (Å²) in [6.07, 6.45) is 1.61. The highest BCUT2D eigenvalue weighted by atomic mass is 19.1. The van der Waals surface area contributed by atoms with Crippen LogP contribution in [0.5, 0.6) is 0 Å². The second-order valence-corrected chi connectivity index (χ2v) is 7.64. The van der Waals surface area contributed by atoms with Gasteiger partial charge in [-0.2, -0.15) is 0 Å². The van der Waals surface area contributed by atoms with Crippen molar-refractivity contribution in [3.05, 3.63) is 95.3 Å². The first-order valence-electron chi connectivity index (χ1n) is 10.3. The van der Waals surface area contributed by atoms with Crippen molar-refractivity contribution in [3.63, 3.8) is 0 Å². The van der Waals surface area contributed by atoms with Gasteiger partial charge in [0.25, 0.3) is 5.91 Å². The number of carbonyl (C=O) groups excluding carboxylic acids is 1. The van der Waals surface area contributed by atoms with Gasteiger partial charge in [-0.05, 0) is 55.8 Å². The minimum absolute atomic E-state index is 0.0240. The molecular formula is C25H21FN4O2. The lowest BCUT2D eigenvalue weighted by atomic mass is 10.1. The Morgan fingerprint density at radius 1 is 1.09 bits per heavy atom. The van der Waals surface area contributed by atoms with E-state index in [4.69, 9.17) is 9.40 Å². The van der Waals surface area contributed by atoms with Crippen molar-refractivity contribution in [1.82, 2.24) is 14.5 Å². The van der Waals surface area contributed by atoms with Crippen LogP contribution in [0.4, 0.5) is 10.2 Å². The van der Waals surface area contributed by atoms with Crippen LogP contribution in [0.25, 0.3) is 22.4 Å². The van der Waals surface area contributed by atoms with Crippen molar-refractivity contribution in [1.29, 1.82) is 0 Å². The van der Waals surface area contributed by atoms with Crippen LogP contribution in [0.15, 0.2) is 71.3 Å². The van der Waals surface area contributed by atoms with Gasteiger partial charge in [-0.3, -0.25) is 4.79 Å². The van der Waals surface area contributed by atoms with Crippen molar-refractivity contribution >= 4 is 22.8 Å². The molecule has 3 aromatic heterocycles. The van der Waals surface area contributed by atoms with Crippen LogP contribution < -0.4 is 5.32 Å². The standard InChI is InChI=1S/C25H21FN4O2/c1-15-16(2)30(14-17-8-7-13-32-17)24(29-25(31)18-9-3-4-10-19(18)26)22(15)23-27-20-11-5-6-12-21(20)28-23/h3-13H,14H2,1-2H3,(H,27,28)(H,29,31). The molecule has 0 radical (unpaired) electrons. The predicted octanol–water partition coefficient (Wildman–Crippen LogP) is 5.68. The van der Waals surface area contributed by atoms with Gasteiger partial charge in [0.15, 0.2) is 0 Å². The summed E-state index contributed by atoms with van der Waals surface area (Å²) < 4.78 is 21.8. The quantitative estimate of drug-likeness (QED) is 0.378. The van der Waals surface area contributed by atoms with E-state index < -0.39 is 11.7 Å². The molecule has 1 amide bonds. The maximum Gasteiger partial charge on any atom is 0.259 e. The summed E-state index contributed by atoms with van der Waals surface area (Å²) in [5, 5.41) is 2.94. The molecule has 0 aliphatic rings. The van der Waals surface area contributed by atoms with Gasteiger partial charge in [0.05, 0.1) is 35.0 Å². The second kappa shape index (κ2) is 7.85. The van der Waals surface area contributed by atoms with Crippen LogP contribution in [0.1, 0.15) is 27.4 Å². The van der Waals surface area contributed by atoms with Crippen molar-refractivity contribution in [2.75, 3.05) is 5.32 Å². The Kier molecular flexibility index (Phi) is 4.86. The molecule has 0 aliphatic heterocycles.